The van der Waals surface area contributed by atoms with Crippen LogP contribution in [-0.2, 0) is 16.1 Å². The average molecular weight is 402 g/mol. The molecule has 0 bridgehead atoms. The van der Waals surface area contributed by atoms with E-state index in [0.29, 0.717) is 44.9 Å². The number of nitrogens with zero attached hydrogens (tertiary/aromatic N) is 2. The van der Waals surface area contributed by atoms with Crippen molar-refractivity contribution in [2.45, 2.75) is 45.6 Å². The van der Waals surface area contributed by atoms with E-state index in [-0.39, 0.29) is 23.8 Å². The molecule has 1 aliphatic carbocycles. The van der Waals surface area contributed by atoms with Crippen molar-refractivity contribution in [2.75, 3.05) is 32.8 Å². The summed E-state index contributed by atoms with van der Waals surface area (Å²) >= 11 is 0. The number of hydrogen-bond donors (Lipinski definition) is 1. The maximum absolute atomic E-state index is 12.7. The quantitative estimate of drug-likeness (QED) is 0.823. The van der Waals surface area contributed by atoms with Crippen LogP contribution in [-0.4, -0.2) is 60.5 Å². The fourth-order valence-corrected chi connectivity index (χ4v) is 3.95. The minimum absolute atomic E-state index is 0.0358. The number of ether oxygens (including phenoxy) is 1. The third-order valence-corrected chi connectivity index (χ3v) is 5.74. The summed E-state index contributed by atoms with van der Waals surface area (Å²) in [7, 11) is 0. The molecule has 0 radical (unpaired) electrons. The van der Waals surface area contributed by atoms with Gasteiger partial charge in [0.25, 0.3) is 5.91 Å². The maximum Gasteiger partial charge on any atom is 0.409 e. The molecular formula is C22H31N3O4. The minimum Gasteiger partial charge on any atom is -0.450 e. The van der Waals surface area contributed by atoms with Crippen LogP contribution in [0.15, 0.2) is 24.3 Å². The van der Waals surface area contributed by atoms with Gasteiger partial charge < -0.3 is 19.9 Å². The van der Waals surface area contributed by atoms with Gasteiger partial charge in [-0.15, -0.1) is 0 Å². The number of nitrogens with one attached hydrogen (secondary N) is 1. The van der Waals surface area contributed by atoms with E-state index in [0.717, 1.165) is 31.2 Å². The third kappa shape index (κ3) is 5.71. The highest BCUT2D eigenvalue weighted by Gasteiger charge is 2.25. The molecule has 0 spiro atoms. The van der Waals surface area contributed by atoms with Crippen LogP contribution in [0, 0.1) is 5.92 Å². The van der Waals surface area contributed by atoms with E-state index in [9.17, 15) is 14.4 Å². The van der Waals surface area contributed by atoms with Gasteiger partial charge in [-0.1, -0.05) is 31.4 Å². The lowest BCUT2D eigenvalue weighted by atomic mass is 9.88. The van der Waals surface area contributed by atoms with Gasteiger partial charge in [0.15, 0.2) is 0 Å². The highest BCUT2D eigenvalue weighted by molar-refractivity contribution is 5.94. The van der Waals surface area contributed by atoms with Crippen LogP contribution in [0.25, 0.3) is 0 Å². The Morgan fingerprint density at radius 2 is 1.59 bits per heavy atom. The van der Waals surface area contributed by atoms with Crippen molar-refractivity contribution in [1.82, 2.24) is 15.1 Å². The number of carbonyl (C=O) groups excluding carboxylic acids is 3. The van der Waals surface area contributed by atoms with Crippen LogP contribution in [0.1, 0.15) is 54.9 Å². The number of rotatable bonds is 5. The van der Waals surface area contributed by atoms with Gasteiger partial charge in [-0.2, -0.15) is 0 Å². The molecule has 1 aliphatic heterocycles. The largest absolute Gasteiger partial charge is 0.450 e. The molecule has 2 aliphatic rings. The number of amides is 3. The third-order valence-electron chi connectivity index (χ3n) is 5.74. The van der Waals surface area contributed by atoms with E-state index in [1.165, 1.54) is 6.42 Å². The van der Waals surface area contributed by atoms with Gasteiger partial charge in [0.1, 0.15) is 0 Å². The zero-order chi connectivity index (χ0) is 20.6. The summed E-state index contributed by atoms with van der Waals surface area (Å²) < 4.78 is 5.01. The Labute approximate surface area is 172 Å². The standard InChI is InChI=1S/C22H31N3O4/c1-2-29-22(28)25-14-12-24(13-15-25)21(27)19-10-8-17(9-11-19)16-23-20(26)18-6-4-3-5-7-18/h8-11,18H,2-7,12-16H2,1H3,(H,23,26). The summed E-state index contributed by atoms with van der Waals surface area (Å²) in [6.07, 6.45) is 5.17. The predicted molar refractivity (Wildman–Crippen MR) is 109 cm³/mol. The summed E-state index contributed by atoms with van der Waals surface area (Å²) in [5, 5.41) is 3.02. The van der Waals surface area contributed by atoms with E-state index in [2.05, 4.69) is 5.32 Å². The number of hydrogen-bond acceptors (Lipinski definition) is 4. The molecule has 0 atom stereocenters. The highest BCUT2D eigenvalue weighted by atomic mass is 16.6. The zero-order valence-electron chi connectivity index (χ0n) is 17.2. The molecule has 1 heterocycles. The summed E-state index contributed by atoms with van der Waals surface area (Å²) in [6, 6.07) is 7.40. The van der Waals surface area contributed by atoms with E-state index >= 15 is 0 Å². The van der Waals surface area contributed by atoms with Crippen LogP contribution in [0.4, 0.5) is 4.79 Å². The monoisotopic (exact) mass is 401 g/mol. The first-order valence-electron chi connectivity index (χ1n) is 10.7. The Morgan fingerprint density at radius 3 is 2.21 bits per heavy atom. The summed E-state index contributed by atoms with van der Waals surface area (Å²) in [6.45, 7) is 4.58. The van der Waals surface area contributed by atoms with Gasteiger partial charge in [-0.25, -0.2) is 4.79 Å². The Morgan fingerprint density at radius 1 is 0.966 bits per heavy atom. The van der Waals surface area contributed by atoms with Crippen molar-refractivity contribution in [2.24, 2.45) is 5.92 Å². The highest BCUT2D eigenvalue weighted by Crippen LogP contribution is 2.23. The average Bonchev–Trinajstić information content (AvgIpc) is 2.78. The number of benzene rings is 1. The van der Waals surface area contributed by atoms with Gasteiger partial charge in [0.05, 0.1) is 6.61 Å². The molecule has 0 unspecified atom stereocenters. The second kappa shape index (κ2) is 10.3. The molecule has 1 aromatic carbocycles. The Hall–Kier alpha value is -2.57. The first-order valence-corrected chi connectivity index (χ1v) is 10.7. The van der Waals surface area contributed by atoms with Crippen molar-refractivity contribution in [1.29, 1.82) is 0 Å². The molecule has 0 aromatic heterocycles. The van der Waals surface area contributed by atoms with Crippen molar-refractivity contribution in [3.05, 3.63) is 35.4 Å². The lowest BCUT2D eigenvalue weighted by Crippen LogP contribution is -2.50. The topological polar surface area (TPSA) is 79.0 Å². The van der Waals surface area contributed by atoms with E-state index < -0.39 is 0 Å². The number of carbonyl (C=O) groups is 3. The normalized spacial score (nSPS) is 17.7. The molecule has 7 heteroatoms. The van der Waals surface area contributed by atoms with E-state index in [1.54, 1.807) is 16.7 Å². The first kappa shape index (κ1) is 21.1. The molecule has 1 saturated carbocycles. The van der Waals surface area contributed by atoms with Crippen LogP contribution in [0.5, 0.6) is 0 Å². The molecule has 3 amide bonds. The van der Waals surface area contributed by atoms with Crippen LogP contribution in [0.2, 0.25) is 0 Å². The van der Waals surface area contributed by atoms with Crippen molar-refractivity contribution in [3.63, 3.8) is 0 Å². The maximum atomic E-state index is 12.7. The fraction of sp³-hybridized carbons (Fsp3) is 0.591. The summed E-state index contributed by atoms with van der Waals surface area (Å²) in [4.78, 5) is 40.1. The summed E-state index contributed by atoms with van der Waals surface area (Å²) in [5.74, 6) is 0.258. The van der Waals surface area contributed by atoms with Crippen LogP contribution >= 0.6 is 0 Å². The molecule has 1 aromatic rings. The van der Waals surface area contributed by atoms with Gasteiger partial charge in [-0.3, -0.25) is 9.59 Å². The van der Waals surface area contributed by atoms with Gasteiger partial charge in [-0.05, 0) is 37.5 Å². The summed E-state index contributed by atoms with van der Waals surface area (Å²) in [5.41, 5.74) is 1.61. The Kier molecular flexibility index (Phi) is 7.49. The SMILES string of the molecule is CCOC(=O)N1CCN(C(=O)c2ccc(CNC(=O)C3CCCCC3)cc2)CC1. The van der Waals surface area contributed by atoms with E-state index in [1.807, 2.05) is 24.3 Å². The first-order chi connectivity index (χ1) is 14.1. The lowest BCUT2D eigenvalue weighted by molar-refractivity contribution is -0.126. The second-order valence-corrected chi connectivity index (χ2v) is 7.73. The minimum atomic E-state index is -0.320. The van der Waals surface area contributed by atoms with Gasteiger partial charge in [0.2, 0.25) is 5.91 Å². The Bertz CT molecular complexity index is 705. The van der Waals surface area contributed by atoms with Crippen molar-refractivity contribution >= 4 is 17.9 Å². The smallest absolute Gasteiger partial charge is 0.409 e. The molecule has 3 rings (SSSR count). The molecule has 158 valence electrons. The van der Waals surface area contributed by atoms with Crippen molar-refractivity contribution < 1.29 is 19.1 Å². The molecule has 1 saturated heterocycles. The number of piperazine rings is 1. The van der Waals surface area contributed by atoms with Gasteiger partial charge in [0, 0.05) is 44.2 Å². The molecule has 1 N–H and O–H groups in total. The van der Waals surface area contributed by atoms with Crippen molar-refractivity contribution in [3.8, 4) is 0 Å². The van der Waals surface area contributed by atoms with E-state index in [4.69, 9.17) is 4.74 Å². The predicted octanol–water partition coefficient (Wildman–Crippen LogP) is 2.80. The molecule has 2 fully saturated rings. The fourth-order valence-electron chi connectivity index (χ4n) is 3.95. The molecular weight excluding hydrogens is 370 g/mol. The second-order valence-electron chi connectivity index (χ2n) is 7.73. The molecule has 29 heavy (non-hydrogen) atoms. The zero-order valence-corrected chi connectivity index (χ0v) is 17.2. The van der Waals surface area contributed by atoms with Crippen LogP contribution < -0.4 is 5.32 Å². The van der Waals surface area contributed by atoms with Crippen LogP contribution in [0.3, 0.4) is 0 Å². The lowest BCUT2D eigenvalue weighted by Gasteiger charge is -2.34. The molecule has 7 nitrogen and oxygen atoms in total. The Balaban J connectivity index is 1.46. The van der Waals surface area contributed by atoms with Gasteiger partial charge >= 0.3 is 6.09 Å².